The first-order chi connectivity index (χ1) is 14.5. The van der Waals surface area contributed by atoms with Gasteiger partial charge in [-0.1, -0.05) is 12.1 Å². The molecule has 1 aromatic carbocycles. The highest BCUT2D eigenvalue weighted by atomic mass is 16.3. The molecule has 0 spiro atoms. The van der Waals surface area contributed by atoms with E-state index < -0.39 is 23.5 Å². The number of ketones is 1. The lowest BCUT2D eigenvalue weighted by atomic mass is 9.96. The first-order valence-electron chi connectivity index (χ1n) is 9.10. The molecule has 30 heavy (non-hydrogen) atoms. The Morgan fingerprint density at radius 2 is 2.00 bits per heavy atom. The summed E-state index contributed by atoms with van der Waals surface area (Å²) in [6.07, 6.45) is 4.44. The molecule has 0 bridgehead atoms. The number of anilines is 2. The fourth-order valence-electron chi connectivity index (χ4n) is 3.43. The summed E-state index contributed by atoms with van der Waals surface area (Å²) in [5, 5.41) is 13.3. The summed E-state index contributed by atoms with van der Waals surface area (Å²) in [5.41, 5.74) is 1.31. The Bertz CT molecular complexity index is 1150. The van der Waals surface area contributed by atoms with E-state index >= 15 is 0 Å². The van der Waals surface area contributed by atoms with Crippen LogP contribution in [0.3, 0.4) is 0 Å². The van der Waals surface area contributed by atoms with Crippen LogP contribution in [0.25, 0.3) is 0 Å². The Morgan fingerprint density at radius 3 is 2.67 bits per heavy atom. The van der Waals surface area contributed by atoms with Crippen LogP contribution in [0.4, 0.5) is 11.4 Å². The zero-order chi connectivity index (χ0) is 21.3. The summed E-state index contributed by atoms with van der Waals surface area (Å²) in [6.45, 7) is 1.37. The van der Waals surface area contributed by atoms with Gasteiger partial charge in [0.05, 0.1) is 17.9 Å². The molecule has 2 aromatic heterocycles. The van der Waals surface area contributed by atoms with E-state index in [1.165, 1.54) is 30.4 Å². The topological polar surface area (TPSA) is 113 Å². The molecule has 3 aromatic rings. The number of aromatic nitrogens is 1. The lowest BCUT2D eigenvalue weighted by molar-refractivity contribution is -0.117. The molecule has 1 unspecified atom stereocenters. The maximum absolute atomic E-state index is 13.1. The number of aliphatic hydroxyl groups excluding tert-OH is 1. The van der Waals surface area contributed by atoms with E-state index in [9.17, 15) is 19.5 Å². The second-order valence-electron chi connectivity index (χ2n) is 6.66. The third-order valence-electron chi connectivity index (χ3n) is 4.64. The Morgan fingerprint density at radius 1 is 1.17 bits per heavy atom. The van der Waals surface area contributed by atoms with Gasteiger partial charge in [-0.3, -0.25) is 24.3 Å². The van der Waals surface area contributed by atoms with E-state index in [0.717, 1.165) is 0 Å². The van der Waals surface area contributed by atoms with Crippen LogP contribution in [-0.4, -0.2) is 27.7 Å². The Labute approximate surface area is 171 Å². The third-order valence-corrected chi connectivity index (χ3v) is 4.64. The van der Waals surface area contributed by atoms with Crippen molar-refractivity contribution in [1.82, 2.24) is 4.98 Å². The van der Waals surface area contributed by atoms with Crippen molar-refractivity contribution < 1.29 is 23.9 Å². The number of pyridine rings is 1. The number of Topliss-reactive ketones (excluding diaryl/α,β-unsaturated/α-hetero) is 1. The van der Waals surface area contributed by atoms with Gasteiger partial charge in [-0.25, -0.2) is 0 Å². The number of benzene rings is 1. The summed E-state index contributed by atoms with van der Waals surface area (Å²) in [5.74, 6) is -2.25. The molecule has 2 N–H and O–H groups in total. The number of furan rings is 1. The standard InChI is InChI=1S/C22H17N3O5/c1-13(26)24-15-6-2-7-16(11-15)25-19(14-5-3-9-23-12-14)18(21(28)22(25)29)20(27)17-8-4-10-30-17/h2-12,19,28H,1H3,(H,24,26). The van der Waals surface area contributed by atoms with Gasteiger partial charge in [0.15, 0.2) is 11.5 Å². The molecule has 0 radical (unpaired) electrons. The lowest BCUT2D eigenvalue weighted by Gasteiger charge is -2.26. The van der Waals surface area contributed by atoms with Crippen LogP contribution >= 0.6 is 0 Å². The van der Waals surface area contributed by atoms with Crippen molar-refractivity contribution in [1.29, 1.82) is 0 Å². The van der Waals surface area contributed by atoms with Crippen molar-refractivity contribution in [3.05, 3.63) is 89.8 Å². The number of aliphatic hydroxyl groups is 1. The largest absolute Gasteiger partial charge is 0.503 e. The quantitative estimate of drug-likeness (QED) is 0.631. The maximum Gasteiger partial charge on any atom is 0.294 e. The summed E-state index contributed by atoms with van der Waals surface area (Å²) >= 11 is 0. The zero-order valence-corrected chi connectivity index (χ0v) is 15.9. The van der Waals surface area contributed by atoms with E-state index in [4.69, 9.17) is 4.42 Å². The molecule has 0 fully saturated rings. The molecule has 1 aliphatic rings. The minimum absolute atomic E-state index is 0.00656. The number of nitrogens with zero attached hydrogens (tertiary/aromatic N) is 2. The van der Waals surface area contributed by atoms with E-state index in [0.29, 0.717) is 16.9 Å². The Balaban J connectivity index is 1.84. The molecule has 4 rings (SSSR count). The monoisotopic (exact) mass is 403 g/mol. The summed E-state index contributed by atoms with van der Waals surface area (Å²) in [6, 6.07) is 12.1. The molecule has 0 saturated carbocycles. The van der Waals surface area contributed by atoms with E-state index in [-0.39, 0.29) is 17.2 Å². The lowest BCUT2D eigenvalue weighted by Crippen LogP contribution is -2.31. The van der Waals surface area contributed by atoms with Crippen LogP contribution in [0.15, 0.2) is 82.9 Å². The van der Waals surface area contributed by atoms with Crippen LogP contribution in [-0.2, 0) is 9.59 Å². The fourth-order valence-corrected chi connectivity index (χ4v) is 3.43. The van der Waals surface area contributed by atoms with Crippen molar-refractivity contribution >= 4 is 29.0 Å². The van der Waals surface area contributed by atoms with E-state index in [2.05, 4.69) is 10.3 Å². The normalized spacial score (nSPS) is 16.1. The minimum atomic E-state index is -0.920. The average molecular weight is 403 g/mol. The average Bonchev–Trinajstić information content (AvgIpc) is 3.36. The van der Waals surface area contributed by atoms with Gasteiger partial charge in [0.25, 0.3) is 5.91 Å². The first-order valence-corrected chi connectivity index (χ1v) is 9.10. The number of hydrogen-bond acceptors (Lipinski definition) is 6. The Hall–Kier alpha value is -4.20. The highest BCUT2D eigenvalue weighted by molar-refractivity contribution is 6.20. The van der Waals surface area contributed by atoms with Gasteiger partial charge in [0.1, 0.15) is 0 Å². The van der Waals surface area contributed by atoms with Crippen LogP contribution < -0.4 is 10.2 Å². The highest BCUT2D eigenvalue weighted by Crippen LogP contribution is 2.42. The second kappa shape index (κ2) is 7.67. The van der Waals surface area contributed by atoms with Gasteiger partial charge in [-0.15, -0.1) is 0 Å². The molecular weight excluding hydrogens is 386 g/mol. The number of amides is 2. The van der Waals surface area contributed by atoms with Crippen molar-refractivity contribution in [3.8, 4) is 0 Å². The second-order valence-corrected chi connectivity index (χ2v) is 6.66. The summed E-state index contributed by atoms with van der Waals surface area (Å²) < 4.78 is 5.19. The molecule has 8 nitrogen and oxygen atoms in total. The molecule has 2 amide bonds. The molecule has 0 saturated heterocycles. The predicted octanol–water partition coefficient (Wildman–Crippen LogP) is 3.42. The van der Waals surface area contributed by atoms with E-state index in [1.807, 2.05) is 0 Å². The number of hydrogen-bond donors (Lipinski definition) is 2. The highest BCUT2D eigenvalue weighted by Gasteiger charge is 2.45. The molecule has 1 aliphatic heterocycles. The maximum atomic E-state index is 13.1. The number of rotatable bonds is 5. The summed E-state index contributed by atoms with van der Waals surface area (Å²) in [4.78, 5) is 42.9. The SMILES string of the molecule is CC(=O)Nc1cccc(N2C(=O)C(O)=C(C(=O)c3ccco3)C2c2cccnc2)c1. The summed E-state index contributed by atoms with van der Waals surface area (Å²) in [7, 11) is 0. The van der Waals surface area contributed by atoms with Crippen molar-refractivity contribution in [2.75, 3.05) is 10.2 Å². The Kier molecular flexibility index (Phi) is 4.89. The predicted molar refractivity (Wildman–Crippen MR) is 108 cm³/mol. The van der Waals surface area contributed by atoms with Crippen molar-refractivity contribution in [2.24, 2.45) is 0 Å². The van der Waals surface area contributed by atoms with Crippen LogP contribution in [0.5, 0.6) is 0 Å². The molecule has 150 valence electrons. The molecule has 8 heteroatoms. The number of carbonyl (C=O) groups excluding carboxylic acids is 3. The molecule has 0 aliphatic carbocycles. The van der Waals surface area contributed by atoms with Crippen molar-refractivity contribution in [2.45, 2.75) is 13.0 Å². The van der Waals surface area contributed by atoms with Crippen LogP contribution in [0.2, 0.25) is 0 Å². The molecular formula is C22H17N3O5. The van der Waals surface area contributed by atoms with E-state index in [1.54, 1.807) is 48.7 Å². The van der Waals surface area contributed by atoms with Gasteiger partial charge in [-0.2, -0.15) is 0 Å². The van der Waals surface area contributed by atoms with Gasteiger partial charge >= 0.3 is 0 Å². The molecule has 1 atom stereocenters. The third kappa shape index (κ3) is 3.35. The number of nitrogens with one attached hydrogen (secondary N) is 1. The van der Waals surface area contributed by atoms with Crippen LogP contribution in [0, 0.1) is 0 Å². The first kappa shape index (κ1) is 19.1. The number of carbonyl (C=O) groups is 3. The van der Waals surface area contributed by atoms with Gasteiger partial charge in [0.2, 0.25) is 11.7 Å². The van der Waals surface area contributed by atoms with Gasteiger partial charge in [0, 0.05) is 30.7 Å². The fraction of sp³-hybridized carbons (Fsp3) is 0.0909. The van der Waals surface area contributed by atoms with Crippen LogP contribution in [0.1, 0.15) is 29.1 Å². The minimum Gasteiger partial charge on any atom is -0.503 e. The van der Waals surface area contributed by atoms with Crippen molar-refractivity contribution in [3.63, 3.8) is 0 Å². The van der Waals surface area contributed by atoms with Gasteiger partial charge in [-0.05, 0) is 42.0 Å². The van der Waals surface area contributed by atoms with Gasteiger partial charge < -0.3 is 14.8 Å². The molecule has 3 heterocycles. The zero-order valence-electron chi connectivity index (χ0n) is 15.9. The smallest absolute Gasteiger partial charge is 0.294 e.